The van der Waals surface area contributed by atoms with Gasteiger partial charge in [-0.25, -0.2) is 9.37 Å². The van der Waals surface area contributed by atoms with Crippen molar-refractivity contribution < 1.29 is 44.8 Å². The zero-order valence-electron chi connectivity index (χ0n) is 22.9. The van der Waals surface area contributed by atoms with Crippen LogP contribution in [-0.2, 0) is 23.1 Å². The van der Waals surface area contributed by atoms with E-state index in [1.54, 1.807) is 18.2 Å². The molecule has 45 heavy (non-hydrogen) atoms. The zero-order valence-corrected chi connectivity index (χ0v) is 22.9. The fourth-order valence-electron chi connectivity index (χ4n) is 4.75. The van der Waals surface area contributed by atoms with Crippen LogP contribution in [0.1, 0.15) is 47.9 Å². The van der Waals surface area contributed by atoms with Gasteiger partial charge in [-0.1, -0.05) is 54.6 Å². The first-order valence-electron chi connectivity index (χ1n) is 13.3. The Hall–Kier alpha value is -4.86. The van der Waals surface area contributed by atoms with Crippen LogP contribution >= 0.6 is 0 Å². The van der Waals surface area contributed by atoms with Gasteiger partial charge >= 0.3 is 18.0 Å². The predicted octanol–water partition coefficient (Wildman–Crippen LogP) is 8.07. The minimum Gasteiger partial charge on any atom is -0.415 e. The maximum atomic E-state index is 14.9. The van der Waals surface area contributed by atoms with E-state index in [1.165, 1.54) is 36.4 Å². The molecule has 9 nitrogen and oxygen atoms in total. The Bertz CT molecular complexity index is 1690. The smallest absolute Gasteiger partial charge is 0.415 e. The van der Waals surface area contributed by atoms with Crippen LogP contribution in [0.3, 0.4) is 0 Å². The van der Waals surface area contributed by atoms with E-state index < -0.39 is 82.3 Å². The molecule has 0 saturated carbocycles. The molecule has 16 heteroatoms. The normalized spacial score (nSPS) is 19.0. The molecular weight excluding hydrogens is 615 g/mol. The molecule has 1 aliphatic heterocycles. The van der Waals surface area contributed by atoms with E-state index in [1.807, 2.05) is 0 Å². The quantitative estimate of drug-likeness (QED) is 0.101. The van der Waals surface area contributed by atoms with Crippen molar-refractivity contribution in [2.75, 3.05) is 5.32 Å². The second kappa shape index (κ2) is 12.3. The third-order valence-corrected chi connectivity index (χ3v) is 7.05. The Morgan fingerprint density at radius 3 is 2.38 bits per heavy atom. The first-order chi connectivity index (χ1) is 21.3. The average Bonchev–Trinajstić information content (AvgIpc) is 3.47. The van der Waals surface area contributed by atoms with Crippen LogP contribution in [0.2, 0.25) is 0 Å². The summed E-state index contributed by atoms with van der Waals surface area (Å²) in [5, 5.41) is 21.5. The van der Waals surface area contributed by atoms with Crippen molar-refractivity contribution >= 4 is 11.5 Å². The maximum Gasteiger partial charge on any atom is 0.426 e. The summed E-state index contributed by atoms with van der Waals surface area (Å²) in [6.45, 7) is -0.541. The lowest BCUT2D eigenvalue weighted by atomic mass is 9.95. The molecular formula is C29H22F7N5O4. The van der Waals surface area contributed by atoms with Crippen molar-refractivity contribution in [3.05, 3.63) is 111 Å². The highest BCUT2D eigenvalue weighted by molar-refractivity contribution is 5.68. The van der Waals surface area contributed by atoms with Gasteiger partial charge in [-0.2, -0.15) is 26.3 Å². The molecule has 0 spiro atoms. The number of rotatable bonds is 5. The third kappa shape index (κ3) is 6.64. The first-order valence-corrected chi connectivity index (χ1v) is 13.3. The largest absolute Gasteiger partial charge is 0.426 e. The van der Waals surface area contributed by atoms with E-state index >= 15 is 0 Å². The molecule has 2 aromatic heterocycles. The van der Waals surface area contributed by atoms with Gasteiger partial charge in [-0.05, 0) is 42.5 Å². The van der Waals surface area contributed by atoms with Gasteiger partial charge in [-0.3, -0.25) is 10.1 Å². The highest BCUT2D eigenvalue weighted by Gasteiger charge is 2.61. The molecule has 0 amide bonds. The zero-order chi connectivity index (χ0) is 32.4. The summed E-state index contributed by atoms with van der Waals surface area (Å²) in [6, 6.07) is 11.8. The van der Waals surface area contributed by atoms with Gasteiger partial charge in [0, 0.05) is 6.07 Å². The summed E-state index contributed by atoms with van der Waals surface area (Å²) in [5.74, 6) is -3.56. The maximum absolute atomic E-state index is 14.9. The van der Waals surface area contributed by atoms with Crippen molar-refractivity contribution in [1.29, 1.82) is 0 Å². The Kier molecular flexibility index (Phi) is 8.60. The van der Waals surface area contributed by atoms with E-state index in [0.29, 0.717) is 11.1 Å². The monoisotopic (exact) mass is 637 g/mol. The van der Waals surface area contributed by atoms with Gasteiger partial charge in [0.25, 0.3) is 11.8 Å². The van der Waals surface area contributed by atoms with Gasteiger partial charge < -0.3 is 14.5 Å². The fourth-order valence-corrected chi connectivity index (χ4v) is 4.75. The van der Waals surface area contributed by atoms with E-state index in [0.717, 1.165) is 12.1 Å². The Labute approximate surface area is 249 Å². The van der Waals surface area contributed by atoms with Gasteiger partial charge in [0.15, 0.2) is 0 Å². The van der Waals surface area contributed by atoms with Crippen molar-refractivity contribution in [3.63, 3.8) is 0 Å². The number of nitrogens with one attached hydrogen (secondary N) is 1. The molecule has 2 aromatic carbocycles. The standard InChI is InChI=1S/C29H22F7N5O4/c30-19-12-10-18(11-13-19)21-9-5-2-6-14-27(29(34,35)36,44-16-17-7-3-1-4-8-17)26-40-39-25(45-26)23-22(41(42)43)15-20(28(31,32)33)24(37-21)38-23/h1-5,7-8,10-13,15,21H,6,9,14,16H2,(H,37,38)/t21?,27-/m1/s1. The van der Waals surface area contributed by atoms with Crippen LogP contribution < -0.4 is 5.32 Å². The molecule has 2 atom stereocenters. The number of nitro groups is 1. The number of alkyl halides is 6. The molecule has 0 aliphatic carbocycles. The molecule has 236 valence electrons. The van der Waals surface area contributed by atoms with Crippen molar-refractivity contribution in [2.45, 2.75) is 49.9 Å². The third-order valence-electron chi connectivity index (χ3n) is 7.05. The average molecular weight is 638 g/mol. The van der Waals surface area contributed by atoms with Crippen molar-refractivity contribution in [2.24, 2.45) is 0 Å². The lowest BCUT2D eigenvalue weighted by molar-refractivity contribution is -0.384. The molecule has 0 fully saturated rings. The number of allylic oxidation sites excluding steroid dienone is 1. The molecule has 0 radical (unpaired) electrons. The number of fused-ring (bicyclic) bond motifs is 5. The second-order valence-corrected chi connectivity index (χ2v) is 10.0. The Balaban J connectivity index is 1.70. The van der Waals surface area contributed by atoms with Crippen LogP contribution in [0.15, 0.2) is 77.2 Å². The van der Waals surface area contributed by atoms with Gasteiger partial charge in [-0.15, -0.1) is 10.2 Å². The van der Waals surface area contributed by atoms with Gasteiger partial charge in [0.05, 0.1) is 17.6 Å². The summed E-state index contributed by atoms with van der Waals surface area (Å²) in [6.07, 6.45) is -8.59. The summed E-state index contributed by atoms with van der Waals surface area (Å²) in [4.78, 5) is 14.5. The van der Waals surface area contributed by atoms with Crippen LogP contribution in [0.4, 0.5) is 42.2 Å². The van der Waals surface area contributed by atoms with E-state index in [2.05, 4.69) is 20.5 Å². The second-order valence-electron chi connectivity index (χ2n) is 10.0. The van der Waals surface area contributed by atoms with E-state index in [-0.39, 0.29) is 18.9 Å². The number of hydrogen-bond donors (Lipinski definition) is 1. The van der Waals surface area contributed by atoms with Crippen LogP contribution in [0.25, 0.3) is 11.6 Å². The van der Waals surface area contributed by atoms with Crippen LogP contribution in [0, 0.1) is 15.9 Å². The number of anilines is 1. The number of ether oxygens (including phenoxy) is 1. The lowest BCUT2D eigenvalue weighted by Gasteiger charge is -2.32. The van der Waals surface area contributed by atoms with Crippen molar-refractivity contribution in [1.82, 2.24) is 15.2 Å². The number of pyridine rings is 1. The molecule has 3 heterocycles. The summed E-state index contributed by atoms with van der Waals surface area (Å²) in [5.41, 5.74) is -6.19. The number of hydrogen-bond acceptors (Lipinski definition) is 8. The summed E-state index contributed by atoms with van der Waals surface area (Å²) >= 11 is 0. The minimum absolute atomic E-state index is 0.0841. The van der Waals surface area contributed by atoms with Crippen LogP contribution in [0.5, 0.6) is 0 Å². The van der Waals surface area contributed by atoms with Crippen LogP contribution in [-0.4, -0.2) is 26.3 Å². The highest BCUT2D eigenvalue weighted by Crippen LogP contribution is 2.47. The number of aromatic nitrogens is 3. The molecule has 0 saturated heterocycles. The Morgan fingerprint density at radius 1 is 1.02 bits per heavy atom. The first kappa shape index (κ1) is 31.6. The molecule has 4 bridgehead atoms. The van der Waals surface area contributed by atoms with Crippen molar-refractivity contribution in [3.8, 4) is 11.6 Å². The van der Waals surface area contributed by atoms with E-state index in [4.69, 9.17) is 9.15 Å². The molecule has 5 rings (SSSR count). The summed E-state index contributed by atoms with van der Waals surface area (Å²) < 4.78 is 112. The van der Waals surface area contributed by atoms with Gasteiger partial charge in [0.1, 0.15) is 17.2 Å². The fraction of sp³-hybridized carbons (Fsp3) is 0.276. The predicted molar refractivity (Wildman–Crippen MR) is 144 cm³/mol. The highest BCUT2D eigenvalue weighted by atomic mass is 19.4. The summed E-state index contributed by atoms with van der Waals surface area (Å²) in [7, 11) is 0. The number of nitrogens with zero attached hydrogens (tertiary/aromatic N) is 4. The lowest BCUT2D eigenvalue weighted by Crippen LogP contribution is -2.45. The molecule has 4 aromatic rings. The minimum atomic E-state index is -5.15. The number of benzene rings is 2. The van der Waals surface area contributed by atoms with Gasteiger partial charge in [0.2, 0.25) is 11.3 Å². The molecule has 1 aliphatic rings. The SMILES string of the molecule is O=[N+]([O-])c1cc(C(F)(F)F)c2nc1-c1nnc(o1)[C@@](OCc1ccccc1)(C(F)(F)F)CCC=CCC(c1ccc(F)cc1)N2. The van der Waals surface area contributed by atoms with E-state index in [9.17, 15) is 40.8 Å². The number of halogens is 7. The topological polar surface area (TPSA) is 116 Å². The Morgan fingerprint density at radius 2 is 1.73 bits per heavy atom. The molecule has 1 N–H and O–H groups in total. The molecule has 1 unspecified atom stereocenters.